The summed E-state index contributed by atoms with van der Waals surface area (Å²) in [5.41, 5.74) is 0.630. The first kappa shape index (κ1) is 13.3. The van der Waals surface area contributed by atoms with Crippen LogP contribution in [0.1, 0.15) is 15.4 Å². The first-order valence-corrected chi connectivity index (χ1v) is 7.69. The lowest BCUT2D eigenvalue weighted by Gasteiger charge is -1.95. The highest BCUT2D eigenvalue weighted by molar-refractivity contribution is 9.11. The number of H-pyrrole nitrogens is 1. The normalized spacial score (nSPS) is 11.4. The van der Waals surface area contributed by atoms with Gasteiger partial charge in [-0.15, -0.1) is 11.3 Å². The van der Waals surface area contributed by atoms with Crippen molar-refractivity contribution in [1.29, 1.82) is 0 Å². The zero-order chi connectivity index (χ0) is 13.9. The highest BCUT2D eigenvalue weighted by Gasteiger charge is 2.10. The van der Waals surface area contributed by atoms with E-state index in [1.54, 1.807) is 17.6 Å². The summed E-state index contributed by atoms with van der Waals surface area (Å²) in [5, 5.41) is 1.99. The number of benzene rings is 1. The van der Waals surface area contributed by atoms with Crippen LogP contribution in [-0.2, 0) is 0 Å². The summed E-state index contributed by atoms with van der Waals surface area (Å²) in [4.78, 5) is 20.4. The van der Waals surface area contributed by atoms with Gasteiger partial charge in [0.1, 0.15) is 6.54 Å². The van der Waals surface area contributed by atoms with Gasteiger partial charge in [-0.3, -0.25) is 9.79 Å². The Hall–Kier alpha value is -1.72. The van der Waals surface area contributed by atoms with Crippen molar-refractivity contribution in [2.24, 2.45) is 4.99 Å². The van der Waals surface area contributed by atoms with Gasteiger partial charge in [0.2, 0.25) is 5.78 Å². The molecule has 0 unspecified atom stereocenters. The van der Waals surface area contributed by atoms with E-state index in [2.05, 4.69) is 25.9 Å². The maximum absolute atomic E-state index is 12.2. The third-order valence-electron chi connectivity index (χ3n) is 2.93. The minimum Gasteiger partial charge on any atom is -0.358 e. The predicted octanol–water partition coefficient (Wildman–Crippen LogP) is 4.29. The molecule has 2 heterocycles. The van der Waals surface area contributed by atoms with Gasteiger partial charge in [0.05, 0.1) is 9.48 Å². The van der Waals surface area contributed by atoms with Crippen LogP contribution in [0.3, 0.4) is 0 Å². The second kappa shape index (κ2) is 5.73. The Kier molecular flexibility index (Phi) is 3.80. The molecule has 0 bridgehead atoms. The van der Waals surface area contributed by atoms with E-state index >= 15 is 0 Å². The number of Topliss-reactive ketones (excluding diaryl/α,β-unsaturated/α-hetero) is 1. The number of aliphatic imine (C=N–C) groups is 1. The van der Waals surface area contributed by atoms with Gasteiger partial charge < -0.3 is 4.98 Å². The Balaban J connectivity index is 1.75. The minimum atomic E-state index is -0.00179. The fourth-order valence-corrected chi connectivity index (χ4v) is 3.32. The van der Waals surface area contributed by atoms with E-state index in [4.69, 9.17) is 0 Å². The molecule has 0 fully saturated rings. The number of halogens is 1. The first-order chi connectivity index (χ1) is 9.74. The van der Waals surface area contributed by atoms with Crippen LogP contribution < -0.4 is 0 Å². The van der Waals surface area contributed by atoms with E-state index in [1.807, 2.05) is 42.6 Å². The quantitative estimate of drug-likeness (QED) is 0.555. The summed E-state index contributed by atoms with van der Waals surface area (Å²) < 4.78 is 1.06. The lowest BCUT2D eigenvalue weighted by atomic mass is 10.1. The van der Waals surface area contributed by atoms with Crippen molar-refractivity contribution in [1.82, 2.24) is 4.98 Å². The zero-order valence-electron chi connectivity index (χ0n) is 10.5. The number of thiophene rings is 1. The number of aromatic amines is 1. The van der Waals surface area contributed by atoms with E-state index in [1.165, 1.54) is 0 Å². The number of nitrogens with one attached hydrogen (secondary N) is 1. The molecule has 3 rings (SSSR count). The van der Waals surface area contributed by atoms with Crippen LogP contribution in [0.25, 0.3) is 10.8 Å². The molecule has 1 aromatic carbocycles. The Morgan fingerprint density at radius 2 is 2.15 bits per heavy atom. The molecule has 2 aromatic heterocycles. The van der Waals surface area contributed by atoms with Crippen LogP contribution in [-0.4, -0.2) is 23.5 Å². The Labute approximate surface area is 128 Å². The van der Waals surface area contributed by atoms with Gasteiger partial charge in [0, 0.05) is 22.7 Å². The summed E-state index contributed by atoms with van der Waals surface area (Å²) in [7, 11) is 0. The number of hydrogen-bond acceptors (Lipinski definition) is 3. The molecule has 3 nitrogen and oxygen atoms in total. The van der Waals surface area contributed by atoms with E-state index < -0.39 is 0 Å². The molecule has 0 aliphatic rings. The van der Waals surface area contributed by atoms with Crippen molar-refractivity contribution in [2.75, 3.05) is 6.54 Å². The Morgan fingerprint density at radius 3 is 2.95 bits per heavy atom. The molecule has 0 saturated heterocycles. The summed E-state index contributed by atoms with van der Waals surface area (Å²) in [5.74, 6) is -0.00179. The van der Waals surface area contributed by atoms with Crippen molar-refractivity contribution in [3.8, 4) is 0 Å². The number of carbonyl (C=O) groups excluding carboxylic acids is 1. The topological polar surface area (TPSA) is 45.2 Å². The molecular formula is C15H11BrN2OS. The number of carbonyl (C=O) groups is 1. The molecule has 5 heteroatoms. The molecular weight excluding hydrogens is 336 g/mol. The van der Waals surface area contributed by atoms with Crippen molar-refractivity contribution < 1.29 is 4.79 Å². The second-order valence-corrected chi connectivity index (χ2v) is 6.78. The predicted molar refractivity (Wildman–Crippen MR) is 87.1 cm³/mol. The Morgan fingerprint density at radius 1 is 1.30 bits per heavy atom. The number of ketones is 1. The second-order valence-electron chi connectivity index (χ2n) is 4.29. The number of aromatic nitrogens is 1. The molecule has 100 valence electrons. The molecule has 0 radical (unpaired) electrons. The third kappa shape index (κ3) is 2.73. The molecule has 3 aromatic rings. The van der Waals surface area contributed by atoms with Gasteiger partial charge in [-0.1, -0.05) is 24.3 Å². The fraction of sp³-hybridized carbons (Fsp3) is 0.0667. The maximum Gasteiger partial charge on any atom is 0.200 e. The average molecular weight is 347 g/mol. The van der Waals surface area contributed by atoms with E-state index in [0.717, 1.165) is 19.4 Å². The average Bonchev–Trinajstić information content (AvgIpc) is 3.05. The van der Waals surface area contributed by atoms with Gasteiger partial charge in [-0.05, 0) is 33.4 Å². The molecule has 1 N–H and O–H groups in total. The minimum absolute atomic E-state index is 0.00179. The maximum atomic E-state index is 12.2. The van der Waals surface area contributed by atoms with E-state index in [0.29, 0.717) is 5.69 Å². The van der Waals surface area contributed by atoms with Gasteiger partial charge >= 0.3 is 0 Å². The molecule has 0 aliphatic heterocycles. The zero-order valence-corrected chi connectivity index (χ0v) is 12.9. The molecule has 0 aliphatic carbocycles. The van der Waals surface area contributed by atoms with Crippen LogP contribution in [0.2, 0.25) is 0 Å². The van der Waals surface area contributed by atoms with Crippen molar-refractivity contribution >= 4 is 50.0 Å². The lowest BCUT2D eigenvalue weighted by molar-refractivity contribution is 0.0999. The van der Waals surface area contributed by atoms with Gasteiger partial charge in [-0.25, -0.2) is 0 Å². The number of nitrogens with zero attached hydrogens (tertiary/aromatic N) is 1. The largest absolute Gasteiger partial charge is 0.358 e. The summed E-state index contributed by atoms with van der Waals surface area (Å²) in [6.07, 6.45) is 3.58. The monoisotopic (exact) mass is 346 g/mol. The lowest BCUT2D eigenvalue weighted by Crippen LogP contribution is -2.04. The van der Waals surface area contributed by atoms with E-state index in [-0.39, 0.29) is 12.3 Å². The fourth-order valence-electron chi connectivity index (χ4n) is 2.00. The van der Waals surface area contributed by atoms with Crippen LogP contribution >= 0.6 is 27.3 Å². The molecule has 0 spiro atoms. The van der Waals surface area contributed by atoms with Gasteiger partial charge in [-0.2, -0.15) is 0 Å². The number of fused-ring (bicyclic) bond motifs is 1. The van der Waals surface area contributed by atoms with E-state index in [9.17, 15) is 4.79 Å². The van der Waals surface area contributed by atoms with Gasteiger partial charge in [0.15, 0.2) is 0 Å². The number of hydrogen-bond donors (Lipinski definition) is 1. The number of rotatable bonds is 4. The Bertz CT molecular complexity index is 788. The van der Waals surface area contributed by atoms with Crippen molar-refractivity contribution in [3.63, 3.8) is 0 Å². The SMILES string of the molecule is O=C(CN=Cc1ccc(Br)s1)c1[nH]cc2ccccc12. The molecule has 20 heavy (non-hydrogen) atoms. The molecule has 0 atom stereocenters. The van der Waals surface area contributed by atoms with Gasteiger partial charge in [0.25, 0.3) is 0 Å². The molecule has 0 saturated carbocycles. The smallest absolute Gasteiger partial charge is 0.200 e. The van der Waals surface area contributed by atoms with Crippen LogP contribution in [0.4, 0.5) is 0 Å². The van der Waals surface area contributed by atoms with Crippen LogP contribution in [0.5, 0.6) is 0 Å². The first-order valence-electron chi connectivity index (χ1n) is 6.08. The molecule has 0 amide bonds. The summed E-state index contributed by atoms with van der Waals surface area (Å²) in [6.45, 7) is 0.153. The third-order valence-corrected chi connectivity index (χ3v) is 4.49. The van der Waals surface area contributed by atoms with Crippen LogP contribution in [0, 0.1) is 0 Å². The highest BCUT2D eigenvalue weighted by atomic mass is 79.9. The summed E-state index contributed by atoms with van der Waals surface area (Å²) in [6, 6.07) is 11.7. The summed E-state index contributed by atoms with van der Waals surface area (Å²) >= 11 is 4.98. The standard InChI is InChI=1S/C15H11BrN2OS/c16-14-6-5-11(20-14)8-17-9-13(19)15-12-4-2-1-3-10(12)7-18-15/h1-8,18H,9H2. The van der Waals surface area contributed by atoms with Crippen molar-refractivity contribution in [2.45, 2.75) is 0 Å². The highest BCUT2D eigenvalue weighted by Crippen LogP contribution is 2.21. The van der Waals surface area contributed by atoms with Crippen LogP contribution in [0.15, 0.2) is 51.4 Å². The van der Waals surface area contributed by atoms with Crippen molar-refractivity contribution in [3.05, 3.63) is 57.0 Å².